The van der Waals surface area contributed by atoms with Crippen molar-refractivity contribution in [2.24, 2.45) is 4.99 Å². The van der Waals surface area contributed by atoms with E-state index in [1.165, 1.54) is 13.0 Å². The lowest BCUT2D eigenvalue weighted by molar-refractivity contribution is -0.0504. The van der Waals surface area contributed by atoms with Crippen molar-refractivity contribution in [3.8, 4) is 5.75 Å². The third-order valence-electron chi connectivity index (χ3n) is 4.94. The van der Waals surface area contributed by atoms with Crippen molar-refractivity contribution in [2.75, 3.05) is 52.9 Å². The summed E-state index contributed by atoms with van der Waals surface area (Å²) in [6.07, 6.45) is 2.24. The highest BCUT2D eigenvalue weighted by atomic mass is 19.3. The van der Waals surface area contributed by atoms with E-state index in [1.54, 1.807) is 12.1 Å². The summed E-state index contributed by atoms with van der Waals surface area (Å²) in [6, 6.07) is 5.17. The summed E-state index contributed by atoms with van der Waals surface area (Å²) >= 11 is 0. The van der Waals surface area contributed by atoms with E-state index in [4.69, 9.17) is 0 Å². The second-order valence-corrected chi connectivity index (χ2v) is 7.46. The predicted molar refractivity (Wildman–Crippen MR) is 114 cm³/mol. The van der Waals surface area contributed by atoms with E-state index in [2.05, 4.69) is 37.2 Å². The van der Waals surface area contributed by atoms with Crippen LogP contribution in [0, 0.1) is 6.92 Å². The maximum Gasteiger partial charge on any atom is 0.387 e. The third kappa shape index (κ3) is 8.95. The second kappa shape index (κ2) is 12.6. The topological polar surface area (TPSA) is 52.1 Å². The fraction of sp³-hybridized carbons (Fsp3) is 0.667. The van der Waals surface area contributed by atoms with Crippen LogP contribution in [0.5, 0.6) is 5.75 Å². The highest BCUT2D eigenvalue weighted by Gasteiger charge is 2.12. The number of nitrogens with zero attached hydrogens (tertiary/aromatic N) is 3. The van der Waals surface area contributed by atoms with Crippen molar-refractivity contribution in [1.29, 1.82) is 0 Å². The van der Waals surface area contributed by atoms with Gasteiger partial charge in [0.25, 0.3) is 0 Å². The molecule has 0 amide bonds. The number of nitrogens with one attached hydrogen (secondary N) is 2. The lowest BCUT2D eigenvalue weighted by Gasteiger charge is -2.20. The number of rotatable bonds is 9. The molecular formula is C21H35F2N5O. The largest absolute Gasteiger partial charge is 0.434 e. The Hall–Kier alpha value is -1.93. The summed E-state index contributed by atoms with van der Waals surface area (Å²) < 4.78 is 29.9. The summed E-state index contributed by atoms with van der Waals surface area (Å²) in [6.45, 7) is 8.52. The molecule has 164 valence electrons. The highest BCUT2D eigenvalue weighted by molar-refractivity contribution is 5.79. The first kappa shape index (κ1) is 23.3. The second-order valence-electron chi connectivity index (χ2n) is 7.46. The molecule has 0 spiro atoms. The first-order chi connectivity index (χ1) is 14.0. The lowest BCUT2D eigenvalue weighted by atomic mass is 10.1. The van der Waals surface area contributed by atoms with Crippen molar-refractivity contribution < 1.29 is 13.5 Å². The van der Waals surface area contributed by atoms with Gasteiger partial charge in [-0.1, -0.05) is 17.7 Å². The van der Waals surface area contributed by atoms with E-state index in [-0.39, 0.29) is 12.3 Å². The van der Waals surface area contributed by atoms with Crippen molar-refractivity contribution in [1.82, 2.24) is 20.4 Å². The van der Waals surface area contributed by atoms with Gasteiger partial charge in [-0.15, -0.1) is 0 Å². The minimum atomic E-state index is -2.84. The van der Waals surface area contributed by atoms with E-state index < -0.39 is 6.61 Å². The van der Waals surface area contributed by atoms with Gasteiger partial charge in [0, 0.05) is 31.7 Å². The summed E-state index contributed by atoms with van der Waals surface area (Å²) in [5.41, 5.74) is 1.63. The molecule has 0 bridgehead atoms. The van der Waals surface area contributed by atoms with Crippen LogP contribution in [0.15, 0.2) is 23.2 Å². The normalized spacial score (nSPS) is 16.7. The maximum atomic E-state index is 12.6. The van der Waals surface area contributed by atoms with Crippen LogP contribution in [0.3, 0.4) is 0 Å². The molecule has 29 heavy (non-hydrogen) atoms. The molecule has 1 aromatic rings. The molecule has 1 aromatic carbocycles. The Morgan fingerprint density at radius 1 is 1.21 bits per heavy atom. The van der Waals surface area contributed by atoms with Crippen LogP contribution in [0.25, 0.3) is 0 Å². The molecule has 1 saturated heterocycles. The Morgan fingerprint density at radius 2 is 2.03 bits per heavy atom. The Morgan fingerprint density at radius 3 is 2.79 bits per heavy atom. The molecule has 1 heterocycles. The van der Waals surface area contributed by atoms with Crippen molar-refractivity contribution >= 4 is 5.96 Å². The van der Waals surface area contributed by atoms with Gasteiger partial charge in [-0.2, -0.15) is 8.78 Å². The fourth-order valence-corrected chi connectivity index (χ4v) is 3.38. The van der Waals surface area contributed by atoms with Crippen LogP contribution >= 0.6 is 0 Å². The smallest absolute Gasteiger partial charge is 0.387 e. The number of hydrogen-bond acceptors (Lipinski definition) is 4. The molecule has 2 rings (SSSR count). The summed E-state index contributed by atoms with van der Waals surface area (Å²) in [4.78, 5) is 9.44. The van der Waals surface area contributed by atoms with Gasteiger partial charge in [-0.25, -0.2) is 4.99 Å². The molecule has 0 radical (unpaired) electrons. The third-order valence-corrected chi connectivity index (χ3v) is 4.94. The molecule has 6 nitrogen and oxygen atoms in total. The van der Waals surface area contributed by atoms with Crippen LogP contribution in [-0.4, -0.2) is 75.2 Å². The van der Waals surface area contributed by atoms with Crippen molar-refractivity contribution in [2.45, 2.75) is 39.8 Å². The van der Waals surface area contributed by atoms with Gasteiger partial charge in [-0.05, 0) is 59.4 Å². The average molecular weight is 412 g/mol. The first-order valence-corrected chi connectivity index (χ1v) is 10.5. The van der Waals surface area contributed by atoms with Gasteiger partial charge in [0.2, 0.25) is 0 Å². The van der Waals surface area contributed by atoms with Gasteiger partial charge >= 0.3 is 6.61 Å². The average Bonchev–Trinajstić information content (AvgIpc) is 2.89. The highest BCUT2D eigenvalue weighted by Crippen LogP contribution is 2.22. The fourth-order valence-electron chi connectivity index (χ4n) is 3.38. The number of aryl methyl sites for hydroxylation is 1. The minimum Gasteiger partial charge on any atom is -0.434 e. The molecule has 1 aliphatic heterocycles. The van der Waals surface area contributed by atoms with E-state index in [9.17, 15) is 8.78 Å². The van der Waals surface area contributed by atoms with E-state index in [0.29, 0.717) is 11.5 Å². The molecule has 0 aromatic heterocycles. The summed E-state index contributed by atoms with van der Waals surface area (Å²) in [5, 5.41) is 6.55. The number of ether oxygens (including phenoxy) is 1. The van der Waals surface area contributed by atoms with E-state index >= 15 is 0 Å². The molecule has 0 atom stereocenters. The van der Waals surface area contributed by atoms with Crippen LogP contribution in [0.4, 0.5) is 8.78 Å². The zero-order valence-electron chi connectivity index (χ0n) is 17.9. The van der Waals surface area contributed by atoms with Crippen molar-refractivity contribution in [3.63, 3.8) is 0 Å². The molecule has 8 heteroatoms. The number of benzene rings is 1. The monoisotopic (exact) mass is 411 g/mol. The predicted octanol–water partition coefficient (Wildman–Crippen LogP) is 2.68. The standard InChI is InChI=1S/C21H35F2N5O/c1-4-24-21(25-9-5-11-28-12-6-10-27(3)13-14-28)26-16-18-15-17(2)7-8-19(18)29-20(22)23/h7-8,15,20H,4-6,9-14,16H2,1-3H3,(H2,24,25,26). The van der Waals surface area contributed by atoms with E-state index in [1.807, 2.05) is 19.9 Å². The molecular weight excluding hydrogens is 376 g/mol. The number of likely N-dealkylation sites (N-methyl/N-ethyl adjacent to an activating group) is 1. The molecule has 2 N–H and O–H groups in total. The number of halogens is 2. The SMILES string of the molecule is CCNC(=NCc1cc(C)ccc1OC(F)F)NCCCN1CCCN(C)CC1. The maximum absolute atomic E-state index is 12.6. The zero-order chi connectivity index (χ0) is 21.1. The van der Waals surface area contributed by atoms with E-state index in [0.717, 1.165) is 51.3 Å². The van der Waals surface area contributed by atoms with Crippen LogP contribution in [-0.2, 0) is 6.54 Å². The Labute approximate surface area is 173 Å². The van der Waals surface area contributed by atoms with Gasteiger partial charge in [0.05, 0.1) is 6.54 Å². The van der Waals surface area contributed by atoms with Gasteiger partial charge in [0.1, 0.15) is 5.75 Å². The van der Waals surface area contributed by atoms with Crippen molar-refractivity contribution in [3.05, 3.63) is 29.3 Å². The Kier molecular flexibility index (Phi) is 10.1. The number of aliphatic imine (C=N–C) groups is 1. The van der Waals surface area contributed by atoms with Crippen LogP contribution < -0.4 is 15.4 Å². The lowest BCUT2D eigenvalue weighted by Crippen LogP contribution is -2.39. The van der Waals surface area contributed by atoms with Gasteiger partial charge < -0.3 is 25.2 Å². The molecule has 1 fully saturated rings. The number of hydrogen-bond donors (Lipinski definition) is 2. The number of guanidine groups is 1. The minimum absolute atomic E-state index is 0.177. The van der Waals surface area contributed by atoms with Crippen LogP contribution in [0.1, 0.15) is 30.9 Å². The quantitative estimate of drug-likeness (QED) is 0.372. The summed E-state index contributed by atoms with van der Waals surface area (Å²) in [5.74, 6) is 0.865. The van der Waals surface area contributed by atoms with Gasteiger partial charge in [0.15, 0.2) is 5.96 Å². The Bertz CT molecular complexity index is 641. The number of alkyl halides is 2. The van der Waals surface area contributed by atoms with Gasteiger partial charge in [-0.3, -0.25) is 0 Å². The zero-order valence-corrected chi connectivity index (χ0v) is 17.9. The summed E-state index contributed by atoms with van der Waals surface area (Å²) in [7, 11) is 2.18. The molecule has 0 saturated carbocycles. The Balaban J connectivity index is 1.85. The van der Waals surface area contributed by atoms with Crippen LogP contribution in [0.2, 0.25) is 0 Å². The molecule has 0 unspecified atom stereocenters. The molecule has 0 aliphatic carbocycles. The molecule has 1 aliphatic rings. The first-order valence-electron chi connectivity index (χ1n) is 10.5.